The quantitative estimate of drug-likeness (QED) is 0.504. The van der Waals surface area contributed by atoms with Crippen molar-refractivity contribution in [2.75, 3.05) is 0 Å². The van der Waals surface area contributed by atoms with Gasteiger partial charge in [-0.2, -0.15) is 0 Å². The van der Waals surface area contributed by atoms with Crippen LogP contribution in [0.15, 0.2) is 12.3 Å². The highest BCUT2D eigenvalue weighted by atomic mass is 15.5. The van der Waals surface area contributed by atoms with E-state index in [0.29, 0.717) is 11.6 Å². The van der Waals surface area contributed by atoms with Crippen LogP contribution >= 0.6 is 0 Å². The highest BCUT2D eigenvalue weighted by Crippen LogP contribution is 2.00. The summed E-state index contributed by atoms with van der Waals surface area (Å²) >= 11 is 0. The summed E-state index contributed by atoms with van der Waals surface area (Å²) in [6.07, 6.45) is 1.51. The number of rotatable bonds is 1. The predicted octanol–water partition coefficient (Wildman–Crippen LogP) is -0.931. The van der Waals surface area contributed by atoms with Gasteiger partial charge in [-0.25, -0.2) is 10.1 Å². The topological polar surface area (TPSA) is 107 Å². The fraction of sp³-hybridized carbons (Fsp3) is 0. The molecule has 7 heteroatoms. The Hall–Kier alpha value is -2.05. The van der Waals surface area contributed by atoms with Crippen molar-refractivity contribution in [1.29, 1.82) is 5.41 Å². The highest BCUT2D eigenvalue weighted by molar-refractivity contribution is 5.38. The Morgan fingerprint density at radius 2 is 2.25 bits per heavy atom. The van der Waals surface area contributed by atoms with E-state index in [2.05, 4.69) is 30.6 Å². The van der Waals surface area contributed by atoms with Gasteiger partial charge in [-0.1, -0.05) is 0 Å². The van der Waals surface area contributed by atoms with Crippen molar-refractivity contribution < 1.29 is 0 Å². The third-order valence-electron chi connectivity index (χ3n) is 1.27. The number of aromatic amines is 2. The van der Waals surface area contributed by atoms with E-state index in [1.165, 1.54) is 12.3 Å². The lowest BCUT2D eigenvalue weighted by atomic mass is 10.5. The van der Waals surface area contributed by atoms with E-state index >= 15 is 0 Å². The summed E-state index contributed by atoms with van der Waals surface area (Å²) in [6, 6.07) is 1.54. The van der Waals surface area contributed by atoms with Gasteiger partial charge in [-0.15, -0.1) is 5.10 Å². The predicted molar refractivity (Wildman–Crippen MR) is 37.6 cm³/mol. The molecule has 60 valence electrons. The van der Waals surface area contributed by atoms with Gasteiger partial charge < -0.3 is 4.98 Å². The molecule has 3 N–H and O–H groups in total. The van der Waals surface area contributed by atoms with Crippen molar-refractivity contribution in [2.45, 2.75) is 0 Å². The van der Waals surface area contributed by atoms with E-state index in [4.69, 9.17) is 5.41 Å². The molecule has 12 heavy (non-hydrogen) atoms. The van der Waals surface area contributed by atoms with Gasteiger partial charge in [0.25, 0.3) is 0 Å². The van der Waals surface area contributed by atoms with Crippen LogP contribution in [0, 0.1) is 5.41 Å². The zero-order valence-electron chi connectivity index (χ0n) is 5.94. The van der Waals surface area contributed by atoms with Gasteiger partial charge >= 0.3 is 0 Å². The molecule has 0 spiro atoms. The molecule has 0 saturated heterocycles. The average Bonchev–Trinajstić information content (AvgIpc) is 2.56. The summed E-state index contributed by atoms with van der Waals surface area (Å²) in [5, 5.41) is 20.2. The molecule has 0 aliphatic rings. The zero-order chi connectivity index (χ0) is 8.39. The summed E-state index contributed by atoms with van der Waals surface area (Å²) in [5.74, 6) is 0.872. The van der Waals surface area contributed by atoms with Crippen LogP contribution in [-0.2, 0) is 0 Å². The van der Waals surface area contributed by atoms with Crippen molar-refractivity contribution in [3.63, 3.8) is 0 Å². The number of aromatic nitrogens is 6. The van der Waals surface area contributed by atoms with Crippen LogP contribution in [0.1, 0.15) is 0 Å². The normalized spacial score (nSPS) is 10.0. The van der Waals surface area contributed by atoms with Crippen LogP contribution in [0.4, 0.5) is 0 Å². The maximum atomic E-state index is 7.26. The van der Waals surface area contributed by atoms with Crippen LogP contribution < -0.4 is 5.49 Å². The maximum Gasteiger partial charge on any atom is 0.215 e. The molecule has 2 aromatic rings. The third-order valence-corrected chi connectivity index (χ3v) is 1.27. The Kier molecular flexibility index (Phi) is 1.40. The molecule has 0 aliphatic carbocycles. The second-order valence-corrected chi connectivity index (χ2v) is 2.08. The fourth-order valence-electron chi connectivity index (χ4n) is 0.768. The minimum atomic E-state index is 0.261. The molecule has 2 aromatic heterocycles. The van der Waals surface area contributed by atoms with Crippen molar-refractivity contribution in [1.82, 2.24) is 30.6 Å². The average molecular weight is 163 g/mol. The number of hydrogen-bond acceptors (Lipinski definition) is 5. The standard InChI is InChI=1S/C5H5N7/c6-3-1-2-7-4(8-3)5-9-11-12-10-5/h1-2H,(H2,6,7,8)(H,9,10,11,12). The molecule has 2 heterocycles. The van der Waals surface area contributed by atoms with E-state index in [-0.39, 0.29) is 5.49 Å². The fourth-order valence-corrected chi connectivity index (χ4v) is 0.768. The summed E-state index contributed by atoms with van der Waals surface area (Å²) in [4.78, 5) is 6.62. The van der Waals surface area contributed by atoms with Crippen molar-refractivity contribution in [3.8, 4) is 11.6 Å². The minimum Gasteiger partial charge on any atom is -0.322 e. The summed E-state index contributed by atoms with van der Waals surface area (Å²) in [7, 11) is 0. The Bertz CT molecular complexity index is 413. The first-order valence-electron chi connectivity index (χ1n) is 3.20. The molecule has 7 nitrogen and oxygen atoms in total. The van der Waals surface area contributed by atoms with Crippen LogP contribution in [0.5, 0.6) is 0 Å². The molecule has 0 aliphatic heterocycles. The smallest absolute Gasteiger partial charge is 0.215 e. The van der Waals surface area contributed by atoms with Crippen molar-refractivity contribution in [2.24, 2.45) is 0 Å². The van der Waals surface area contributed by atoms with Gasteiger partial charge in [0, 0.05) is 6.20 Å². The number of H-pyrrole nitrogens is 2. The molecule has 0 unspecified atom stereocenters. The van der Waals surface area contributed by atoms with Gasteiger partial charge in [-0.3, -0.25) is 5.41 Å². The van der Waals surface area contributed by atoms with Gasteiger partial charge in [0.2, 0.25) is 5.82 Å². The lowest BCUT2D eigenvalue weighted by Gasteiger charge is -1.91. The van der Waals surface area contributed by atoms with Crippen LogP contribution in [0.3, 0.4) is 0 Å². The molecule has 0 amide bonds. The summed E-state index contributed by atoms with van der Waals surface area (Å²) < 4.78 is 0. The van der Waals surface area contributed by atoms with Gasteiger partial charge in [-0.05, 0) is 16.5 Å². The minimum absolute atomic E-state index is 0.261. The molecule has 2 rings (SSSR count). The monoisotopic (exact) mass is 163 g/mol. The van der Waals surface area contributed by atoms with E-state index in [1.54, 1.807) is 0 Å². The summed E-state index contributed by atoms with van der Waals surface area (Å²) in [6.45, 7) is 0. The number of tetrazole rings is 1. The molecule has 0 bridgehead atoms. The van der Waals surface area contributed by atoms with Gasteiger partial charge in [0.15, 0.2) is 5.82 Å². The number of nitrogens with zero attached hydrogens (tertiary/aromatic N) is 4. The lowest BCUT2D eigenvalue weighted by Crippen LogP contribution is -2.06. The van der Waals surface area contributed by atoms with E-state index in [1.807, 2.05) is 0 Å². The van der Waals surface area contributed by atoms with E-state index in [0.717, 1.165) is 0 Å². The summed E-state index contributed by atoms with van der Waals surface area (Å²) in [5.41, 5.74) is 0.261. The molecular weight excluding hydrogens is 158 g/mol. The Morgan fingerprint density at radius 3 is 2.92 bits per heavy atom. The second kappa shape index (κ2) is 2.53. The SMILES string of the molecule is N=c1ccnc(-c2nnn[nH]2)[nH]1. The largest absolute Gasteiger partial charge is 0.322 e. The van der Waals surface area contributed by atoms with Gasteiger partial charge in [0.1, 0.15) is 5.49 Å². The molecule has 0 atom stereocenters. The lowest BCUT2D eigenvalue weighted by molar-refractivity contribution is 0.881. The first-order valence-corrected chi connectivity index (χ1v) is 3.20. The van der Waals surface area contributed by atoms with Crippen molar-refractivity contribution >= 4 is 0 Å². The molecule has 0 fully saturated rings. The second-order valence-electron chi connectivity index (χ2n) is 2.08. The zero-order valence-corrected chi connectivity index (χ0v) is 5.94. The Balaban J connectivity index is 2.55. The number of nitrogens with one attached hydrogen (secondary N) is 3. The van der Waals surface area contributed by atoms with Crippen LogP contribution in [-0.4, -0.2) is 30.6 Å². The van der Waals surface area contributed by atoms with E-state index in [9.17, 15) is 0 Å². The Morgan fingerprint density at radius 1 is 1.33 bits per heavy atom. The molecular formula is C5H5N7. The first kappa shape index (κ1) is 6.65. The maximum absolute atomic E-state index is 7.26. The molecule has 0 aromatic carbocycles. The number of hydrogen-bond donors (Lipinski definition) is 3. The highest BCUT2D eigenvalue weighted by Gasteiger charge is 2.01. The molecule has 0 radical (unpaired) electrons. The Labute approximate surface area is 66.4 Å². The van der Waals surface area contributed by atoms with E-state index < -0.39 is 0 Å². The van der Waals surface area contributed by atoms with Crippen LogP contribution in [0.25, 0.3) is 11.6 Å². The van der Waals surface area contributed by atoms with Crippen LogP contribution in [0.2, 0.25) is 0 Å². The molecule has 0 saturated carbocycles. The first-order chi connectivity index (χ1) is 5.86. The van der Waals surface area contributed by atoms with Gasteiger partial charge in [0.05, 0.1) is 0 Å². The van der Waals surface area contributed by atoms with Crippen molar-refractivity contribution in [3.05, 3.63) is 17.8 Å². The third kappa shape index (κ3) is 1.07.